The number of phenolic OH excluding ortho intramolecular Hbond substituents is 2. The monoisotopic (exact) mass is 742 g/mol. The number of phenols is 2. The molecule has 52 heavy (non-hydrogen) atoms. The fraction of sp³-hybridized carbons (Fsp3) is 0. The van der Waals surface area contributed by atoms with Crippen LogP contribution in [0.3, 0.4) is 0 Å². The summed E-state index contributed by atoms with van der Waals surface area (Å²) in [4.78, 5) is 37.4. The Morgan fingerprint density at radius 1 is 0.442 bits per heavy atom. The molecule has 0 atom stereocenters. The van der Waals surface area contributed by atoms with Crippen molar-refractivity contribution in [3.05, 3.63) is 120 Å². The van der Waals surface area contributed by atoms with E-state index in [0.717, 1.165) is 0 Å². The molecule has 0 bridgehead atoms. The van der Waals surface area contributed by atoms with Crippen LogP contribution < -0.4 is 21.3 Å². The zero-order valence-electron chi connectivity index (χ0n) is 26.4. The molecule has 0 unspecified atom stereocenters. The van der Waals surface area contributed by atoms with Crippen LogP contribution in [0.4, 0.5) is 27.5 Å². The maximum absolute atomic E-state index is 13.0. The van der Waals surface area contributed by atoms with Crippen molar-refractivity contribution in [1.82, 2.24) is 0 Å². The van der Waals surface area contributed by atoms with Gasteiger partial charge in [-0.1, -0.05) is 24.3 Å². The zero-order chi connectivity index (χ0) is 37.4. The van der Waals surface area contributed by atoms with E-state index in [2.05, 4.69) is 21.3 Å². The quantitative estimate of drug-likeness (QED) is 0.0834. The van der Waals surface area contributed by atoms with Gasteiger partial charge in [0.2, 0.25) is 0 Å². The summed E-state index contributed by atoms with van der Waals surface area (Å²) >= 11 is 0. The molecule has 8 N–H and O–H groups in total. The summed E-state index contributed by atoms with van der Waals surface area (Å²) in [6.07, 6.45) is 0. The number of carbonyl (C=O) groups is 3. The van der Waals surface area contributed by atoms with Gasteiger partial charge in [0.15, 0.2) is 0 Å². The van der Waals surface area contributed by atoms with E-state index in [1.54, 1.807) is 0 Å². The van der Waals surface area contributed by atoms with E-state index in [-0.39, 0.29) is 66.9 Å². The molecule has 6 rings (SSSR count). The molecule has 0 saturated heterocycles. The first-order chi connectivity index (χ1) is 24.6. The third-order valence-electron chi connectivity index (χ3n) is 7.80. The van der Waals surface area contributed by atoms with Crippen molar-refractivity contribution in [2.75, 3.05) is 21.3 Å². The number of nitrogens with one attached hydrogen (secondary N) is 4. The number of amides is 4. The first-order valence-corrected chi connectivity index (χ1v) is 17.8. The van der Waals surface area contributed by atoms with Crippen molar-refractivity contribution in [1.29, 1.82) is 0 Å². The van der Waals surface area contributed by atoms with Gasteiger partial charge in [-0.25, -0.2) is 4.79 Å². The Bertz CT molecular complexity index is 2460. The number of rotatable bonds is 8. The minimum absolute atomic E-state index is 0.00148. The first-order valence-electron chi connectivity index (χ1n) is 15.0. The summed E-state index contributed by atoms with van der Waals surface area (Å²) < 4.78 is 68.6. The van der Waals surface area contributed by atoms with Crippen LogP contribution in [0.5, 0.6) is 11.5 Å². The maximum atomic E-state index is 13.0. The molecular formula is C35H26N4O11S2. The summed E-state index contributed by atoms with van der Waals surface area (Å²) in [5, 5.41) is 30.5. The van der Waals surface area contributed by atoms with E-state index < -0.39 is 47.9 Å². The van der Waals surface area contributed by atoms with E-state index >= 15 is 0 Å². The summed E-state index contributed by atoms with van der Waals surface area (Å²) in [6, 6.07) is 23.9. The molecular weight excluding hydrogens is 717 g/mol. The Morgan fingerprint density at radius 3 is 1.15 bits per heavy atom. The molecule has 0 spiro atoms. The number of urea groups is 1. The Morgan fingerprint density at radius 2 is 0.808 bits per heavy atom. The smallest absolute Gasteiger partial charge is 0.323 e. The highest BCUT2D eigenvalue weighted by molar-refractivity contribution is 7.86. The molecule has 6 aromatic rings. The topological polar surface area (TPSA) is 249 Å². The molecule has 15 nitrogen and oxygen atoms in total. The van der Waals surface area contributed by atoms with Crippen LogP contribution >= 0.6 is 0 Å². The second kappa shape index (κ2) is 13.6. The third-order valence-corrected chi connectivity index (χ3v) is 9.71. The average molecular weight is 743 g/mol. The SMILES string of the molecule is O=C(Nc1ccc(C(=O)Nc2ccc3c(O)cccc3c2S(=O)(=O)O)cc1)Nc1ccc(C(=O)Nc2ccc3c(O)cccc3c2S(=O)(=O)O)cc1. The molecule has 0 saturated carbocycles. The van der Waals surface area contributed by atoms with E-state index in [1.807, 2.05) is 0 Å². The summed E-state index contributed by atoms with van der Waals surface area (Å²) in [5.74, 6) is -1.88. The molecule has 0 aromatic heterocycles. The molecule has 0 aliphatic heterocycles. The third kappa shape index (κ3) is 7.32. The first kappa shape index (κ1) is 35.3. The largest absolute Gasteiger partial charge is 0.507 e. The van der Waals surface area contributed by atoms with Crippen LogP contribution in [-0.4, -0.2) is 54.0 Å². The van der Waals surface area contributed by atoms with Gasteiger partial charge in [0, 0.05) is 44.0 Å². The number of fused-ring (bicyclic) bond motifs is 2. The molecule has 17 heteroatoms. The van der Waals surface area contributed by atoms with E-state index in [1.165, 1.54) is 109 Å². The van der Waals surface area contributed by atoms with E-state index in [0.29, 0.717) is 0 Å². The van der Waals surface area contributed by atoms with Gasteiger partial charge in [-0.3, -0.25) is 18.7 Å². The predicted octanol–water partition coefficient (Wildman–Crippen LogP) is 6.05. The lowest BCUT2D eigenvalue weighted by Gasteiger charge is -2.13. The Balaban J connectivity index is 1.09. The standard InChI is InChI=1S/C35H26N4O11S2/c40-29-5-1-3-25-23(29)15-17-27(31(25)51(45,46)47)38-33(42)19-7-11-21(12-8-19)36-35(44)37-22-13-9-20(10-14-22)34(43)39-28-18-16-24-26(4-2-6-30(24)41)32(28)52(48,49)50/h1-18,40-41H,(H,38,42)(H,39,43)(H2,36,37,44)(H,45,46,47)(H,48,49,50). The molecule has 0 fully saturated rings. The van der Waals surface area contributed by atoms with Crippen LogP contribution in [0.25, 0.3) is 21.5 Å². The predicted molar refractivity (Wildman–Crippen MR) is 192 cm³/mol. The van der Waals surface area contributed by atoms with Gasteiger partial charge in [-0.15, -0.1) is 0 Å². The maximum Gasteiger partial charge on any atom is 0.323 e. The van der Waals surface area contributed by atoms with Gasteiger partial charge in [0.05, 0.1) is 11.4 Å². The Kier molecular flexibility index (Phi) is 9.26. The Hall–Kier alpha value is -6.53. The normalized spacial score (nSPS) is 11.6. The second-order valence-corrected chi connectivity index (χ2v) is 13.9. The summed E-state index contributed by atoms with van der Waals surface area (Å²) in [7, 11) is -9.64. The van der Waals surface area contributed by atoms with Gasteiger partial charge in [-0.2, -0.15) is 16.8 Å². The van der Waals surface area contributed by atoms with Crippen LogP contribution in [0, 0.1) is 0 Å². The highest BCUT2D eigenvalue weighted by Crippen LogP contribution is 2.36. The molecule has 0 radical (unpaired) electrons. The zero-order valence-corrected chi connectivity index (χ0v) is 28.0. The van der Waals surface area contributed by atoms with Gasteiger partial charge in [-0.05, 0) is 84.9 Å². The lowest BCUT2D eigenvalue weighted by atomic mass is 10.1. The molecule has 6 aromatic carbocycles. The number of anilines is 4. The van der Waals surface area contributed by atoms with Crippen molar-refractivity contribution >= 4 is 82.4 Å². The van der Waals surface area contributed by atoms with Crippen molar-refractivity contribution in [2.24, 2.45) is 0 Å². The second-order valence-electron chi connectivity index (χ2n) is 11.2. The minimum Gasteiger partial charge on any atom is -0.507 e. The lowest BCUT2D eigenvalue weighted by Crippen LogP contribution is -2.20. The summed E-state index contributed by atoms with van der Waals surface area (Å²) in [5.41, 5.74) is 0.304. The van der Waals surface area contributed by atoms with E-state index in [4.69, 9.17) is 0 Å². The van der Waals surface area contributed by atoms with Crippen LogP contribution in [0.15, 0.2) is 119 Å². The van der Waals surface area contributed by atoms with Gasteiger partial charge in [0.1, 0.15) is 21.3 Å². The average Bonchev–Trinajstić information content (AvgIpc) is 3.07. The molecule has 4 amide bonds. The number of benzene rings is 6. The fourth-order valence-electron chi connectivity index (χ4n) is 5.47. The van der Waals surface area contributed by atoms with Crippen molar-refractivity contribution < 1.29 is 50.5 Å². The highest BCUT2D eigenvalue weighted by atomic mass is 32.2. The fourth-order valence-corrected chi connectivity index (χ4v) is 7.18. The molecule has 264 valence electrons. The number of carbonyl (C=O) groups excluding carboxylic acids is 3. The van der Waals surface area contributed by atoms with E-state index in [9.17, 15) is 50.5 Å². The van der Waals surface area contributed by atoms with Crippen LogP contribution in [0.2, 0.25) is 0 Å². The molecule has 0 heterocycles. The van der Waals surface area contributed by atoms with Crippen molar-refractivity contribution in [2.45, 2.75) is 9.79 Å². The highest BCUT2D eigenvalue weighted by Gasteiger charge is 2.24. The lowest BCUT2D eigenvalue weighted by molar-refractivity contribution is 0.101. The molecule has 0 aliphatic carbocycles. The van der Waals surface area contributed by atoms with Crippen molar-refractivity contribution in [3.8, 4) is 11.5 Å². The number of aromatic hydroxyl groups is 2. The number of hydrogen-bond donors (Lipinski definition) is 8. The van der Waals surface area contributed by atoms with Gasteiger partial charge >= 0.3 is 6.03 Å². The van der Waals surface area contributed by atoms with Crippen molar-refractivity contribution in [3.63, 3.8) is 0 Å². The minimum atomic E-state index is -4.82. The molecule has 0 aliphatic rings. The number of hydrogen-bond acceptors (Lipinski definition) is 9. The van der Waals surface area contributed by atoms with Crippen LogP contribution in [-0.2, 0) is 20.2 Å². The summed E-state index contributed by atoms with van der Waals surface area (Å²) in [6.45, 7) is 0. The van der Waals surface area contributed by atoms with Gasteiger partial charge < -0.3 is 31.5 Å². The Labute approximate surface area is 295 Å². The van der Waals surface area contributed by atoms with Gasteiger partial charge in [0.25, 0.3) is 32.1 Å². The van der Waals surface area contributed by atoms with Crippen LogP contribution in [0.1, 0.15) is 20.7 Å².